The zero-order chi connectivity index (χ0) is 17.6. The van der Waals surface area contributed by atoms with Gasteiger partial charge in [0.2, 0.25) is 5.91 Å². The van der Waals surface area contributed by atoms with Crippen LogP contribution in [-0.2, 0) is 4.79 Å². The minimum Gasteiger partial charge on any atom is -0.370 e. The first-order chi connectivity index (χ1) is 10.7. The molecule has 6 nitrogen and oxygen atoms in total. The first kappa shape index (κ1) is 18.7. The quantitative estimate of drug-likeness (QED) is 0.627. The number of nitro groups is 1. The average Bonchev–Trinajstić information content (AvgIpc) is 2.42. The van der Waals surface area contributed by atoms with E-state index in [0.717, 1.165) is 5.56 Å². The molecular weight excluding hydrogens is 341 g/mol. The number of nitrogens with one attached hydrogen (secondary N) is 1. The second-order valence-corrected chi connectivity index (χ2v) is 5.42. The van der Waals surface area contributed by atoms with Gasteiger partial charge in [-0.05, 0) is 30.7 Å². The molecule has 2 aromatic carbocycles. The smallest absolute Gasteiger partial charge is 0.292 e. The third kappa shape index (κ3) is 5.77. The lowest BCUT2D eigenvalue weighted by Crippen LogP contribution is -2.01. The third-order valence-electron chi connectivity index (χ3n) is 2.57. The summed E-state index contributed by atoms with van der Waals surface area (Å²) in [6.07, 6.45) is 0. The Morgan fingerprint density at radius 2 is 1.74 bits per heavy atom. The van der Waals surface area contributed by atoms with Gasteiger partial charge in [-0.3, -0.25) is 14.9 Å². The number of amides is 1. The standard InChI is InChI=1S/C13H10Cl2N2O2.C2H5NO/c1-8-5-6-12(17(18)19)11(7-8)16-13-9(14)3-2-4-10(13)15;1-2(3)4/h2-7,16H,1H3;1H3,(H2,3,4). The van der Waals surface area contributed by atoms with Crippen molar-refractivity contribution in [1.29, 1.82) is 0 Å². The Morgan fingerprint density at radius 3 is 2.22 bits per heavy atom. The summed E-state index contributed by atoms with van der Waals surface area (Å²) in [5, 5.41) is 14.7. The van der Waals surface area contributed by atoms with Crippen molar-refractivity contribution in [3.8, 4) is 0 Å². The lowest BCUT2D eigenvalue weighted by Gasteiger charge is -2.11. The van der Waals surface area contributed by atoms with Crippen molar-refractivity contribution in [2.24, 2.45) is 5.73 Å². The molecule has 0 unspecified atom stereocenters. The number of nitro benzene ring substituents is 1. The van der Waals surface area contributed by atoms with E-state index in [-0.39, 0.29) is 11.6 Å². The highest BCUT2D eigenvalue weighted by Crippen LogP contribution is 2.35. The van der Waals surface area contributed by atoms with Gasteiger partial charge in [0.25, 0.3) is 5.69 Å². The van der Waals surface area contributed by atoms with E-state index in [1.54, 1.807) is 30.3 Å². The third-order valence-corrected chi connectivity index (χ3v) is 3.20. The van der Waals surface area contributed by atoms with Crippen LogP contribution in [0.15, 0.2) is 36.4 Å². The zero-order valence-corrected chi connectivity index (χ0v) is 14.0. The molecule has 8 heteroatoms. The lowest BCUT2D eigenvalue weighted by molar-refractivity contribution is -0.383. The van der Waals surface area contributed by atoms with Crippen LogP contribution in [0.4, 0.5) is 17.1 Å². The fourth-order valence-electron chi connectivity index (χ4n) is 1.66. The molecule has 0 aromatic heterocycles. The summed E-state index contributed by atoms with van der Waals surface area (Å²) in [5.74, 6) is -0.333. The van der Waals surface area contributed by atoms with E-state index in [1.807, 2.05) is 6.92 Å². The summed E-state index contributed by atoms with van der Waals surface area (Å²) in [6.45, 7) is 3.16. The van der Waals surface area contributed by atoms with Gasteiger partial charge < -0.3 is 11.1 Å². The molecule has 0 spiro atoms. The molecule has 1 amide bonds. The molecule has 23 heavy (non-hydrogen) atoms. The number of carbonyl (C=O) groups excluding carboxylic acids is 1. The van der Waals surface area contributed by atoms with Crippen molar-refractivity contribution < 1.29 is 9.72 Å². The Hall–Kier alpha value is -2.31. The molecule has 0 aliphatic heterocycles. The number of anilines is 2. The van der Waals surface area contributed by atoms with Crippen LogP contribution in [0.5, 0.6) is 0 Å². The summed E-state index contributed by atoms with van der Waals surface area (Å²) in [6, 6.07) is 9.84. The maximum Gasteiger partial charge on any atom is 0.292 e. The number of hydrogen-bond acceptors (Lipinski definition) is 4. The van der Waals surface area contributed by atoms with Gasteiger partial charge in [0.15, 0.2) is 0 Å². The molecule has 0 heterocycles. The molecule has 0 radical (unpaired) electrons. The summed E-state index contributed by atoms with van der Waals surface area (Å²) in [7, 11) is 0. The number of halogens is 2. The number of hydrogen-bond donors (Lipinski definition) is 2. The van der Waals surface area contributed by atoms with E-state index in [0.29, 0.717) is 21.4 Å². The number of aryl methyl sites for hydroxylation is 1. The fraction of sp³-hybridized carbons (Fsp3) is 0.133. The van der Waals surface area contributed by atoms with Crippen molar-refractivity contribution in [2.75, 3.05) is 5.32 Å². The molecule has 0 atom stereocenters. The van der Waals surface area contributed by atoms with Crippen LogP contribution in [0.2, 0.25) is 10.0 Å². The van der Waals surface area contributed by atoms with Crippen LogP contribution < -0.4 is 11.1 Å². The van der Waals surface area contributed by atoms with Gasteiger partial charge in [-0.1, -0.05) is 35.3 Å². The number of carbonyl (C=O) groups is 1. The topological polar surface area (TPSA) is 98.3 Å². The van der Waals surface area contributed by atoms with Crippen molar-refractivity contribution >= 4 is 46.2 Å². The van der Waals surface area contributed by atoms with Gasteiger partial charge in [0.05, 0.1) is 20.7 Å². The number of nitrogens with two attached hydrogens (primary N) is 1. The number of nitrogens with zero attached hydrogens (tertiary/aromatic N) is 1. The Labute approximate surface area is 143 Å². The summed E-state index contributed by atoms with van der Waals surface area (Å²) < 4.78 is 0. The molecule has 122 valence electrons. The van der Waals surface area contributed by atoms with Gasteiger partial charge in [-0.25, -0.2) is 0 Å². The minimum atomic E-state index is -0.452. The minimum absolute atomic E-state index is 0.0263. The van der Waals surface area contributed by atoms with E-state index >= 15 is 0 Å². The van der Waals surface area contributed by atoms with Gasteiger partial charge in [-0.2, -0.15) is 0 Å². The van der Waals surface area contributed by atoms with E-state index in [1.165, 1.54) is 13.0 Å². The van der Waals surface area contributed by atoms with Crippen molar-refractivity contribution in [3.63, 3.8) is 0 Å². The molecule has 0 bridgehead atoms. The van der Waals surface area contributed by atoms with E-state index in [4.69, 9.17) is 23.2 Å². The number of benzene rings is 2. The van der Waals surface area contributed by atoms with Crippen LogP contribution in [0.25, 0.3) is 0 Å². The predicted octanol–water partition coefficient (Wildman–Crippen LogP) is 4.45. The predicted molar refractivity (Wildman–Crippen MR) is 92.4 cm³/mol. The highest BCUT2D eigenvalue weighted by molar-refractivity contribution is 6.39. The molecule has 0 fully saturated rings. The Kier molecular flexibility index (Phi) is 6.81. The van der Waals surface area contributed by atoms with Crippen LogP contribution in [0, 0.1) is 17.0 Å². The SMILES string of the molecule is CC(N)=O.Cc1ccc([N+](=O)[O-])c(Nc2c(Cl)cccc2Cl)c1. The number of para-hydroxylation sites is 1. The van der Waals surface area contributed by atoms with Crippen LogP contribution in [0.1, 0.15) is 12.5 Å². The Morgan fingerprint density at radius 1 is 1.22 bits per heavy atom. The highest BCUT2D eigenvalue weighted by atomic mass is 35.5. The second-order valence-electron chi connectivity index (χ2n) is 4.61. The van der Waals surface area contributed by atoms with E-state index in [2.05, 4.69) is 11.1 Å². The first-order valence-corrected chi connectivity index (χ1v) is 7.20. The van der Waals surface area contributed by atoms with Crippen molar-refractivity contribution in [1.82, 2.24) is 0 Å². The average molecular weight is 356 g/mol. The van der Waals surface area contributed by atoms with Crippen LogP contribution in [0.3, 0.4) is 0 Å². The van der Waals surface area contributed by atoms with Crippen LogP contribution >= 0.6 is 23.2 Å². The lowest BCUT2D eigenvalue weighted by atomic mass is 10.2. The maximum absolute atomic E-state index is 11.0. The molecule has 0 saturated heterocycles. The molecule has 0 saturated carbocycles. The van der Waals surface area contributed by atoms with Crippen molar-refractivity contribution in [3.05, 3.63) is 62.1 Å². The Balaban J connectivity index is 0.000000593. The number of primary amides is 1. The normalized spacial score (nSPS) is 9.57. The molecule has 0 aliphatic carbocycles. The molecular formula is C15H15Cl2N3O3. The maximum atomic E-state index is 11.0. The Bertz CT molecular complexity index is 712. The monoisotopic (exact) mass is 355 g/mol. The molecule has 0 aliphatic rings. The zero-order valence-electron chi connectivity index (χ0n) is 12.5. The summed E-state index contributed by atoms with van der Waals surface area (Å²) >= 11 is 12.1. The summed E-state index contributed by atoms with van der Waals surface area (Å²) in [5.41, 5.74) is 6.16. The van der Waals surface area contributed by atoms with Gasteiger partial charge >= 0.3 is 0 Å². The molecule has 2 aromatic rings. The van der Waals surface area contributed by atoms with Crippen molar-refractivity contribution in [2.45, 2.75) is 13.8 Å². The van der Waals surface area contributed by atoms with Gasteiger partial charge in [0.1, 0.15) is 5.69 Å². The largest absolute Gasteiger partial charge is 0.370 e. The summed E-state index contributed by atoms with van der Waals surface area (Å²) in [4.78, 5) is 19.8. The van der Waals surface area contributed by atoms with Crippen LogP contribution in [-0.4, -0.2) is 10.8 Å². The van der Waals surface area contributed by atoms with E-state index < -0.39 is 4.92 Å². The van der Waals surface area contributed by atoms with Gasteiger partial charge in [-0.15, -0.1) is 0 Å². The highest BCUT2D eigenvalue weighted by Gasteiger charge is 2.15. The number of rotatable bonds is 3. The first-order valence-electron chi connectivity index (χ1n) is 6.44. The van der Waals surface area contributed by atoms with E-state index in [9.17, 15) is 14.9 Å². The second kappa shape index (κ2) is 8.36. The molecule has 3 N–H and O–H groups in total. The van der Waals surface area contributed by atoms with Gasteiger partial charge in [0, 0.05) is 13.0 Å². The molecule has 2 rings (SSSR count). The fourth-order valence-corrected chi connectivity index (χ4v) is 2.15.